The van der Waals surface area contributed by atoms with Gasteiger partial charge in [0.1, 0.15) is 6.10 Å². The van der Waals surface area contributed by atoms with E-state index in [1.165, 1.54) is 56.9 Å². The van der Waals surface area contributed by atoms with E-state index in [1.807, 2.05) is 16.7 Å². The van der Waals surface area contributed by atoms with Crippen LogP contribution in [0, 0.1) is 0 Å². The van der Waals surface area contributed by atoms with Crippen LogP contribution in [0.25, 0.3) is 0 Å². The van der Waals surface area contributed by atoms with Crippen LogP contribution in [0.1, 0.15) is 103 Å². The standard InChI is InChI=1S/C31H47N5O3/c1-22-21-33(31(38)29-12-9-19-39-29)28-20-24(13-14-27(28)35(22)23(2)37)26-15-16-30-32-17-18-34(30)36(26)25-10-7-5-3-4-6-8-11-25/h13-14,20,22,25-26,29-30,32H,3-12,15-19,21H2,1-2H3/t22-,26?,29?,30?/m0/s1. The Morgan fingerprint density at radius 3 is 2.41 bits per heavy atom. The average molecular weight is 538 g/mol. The van der Waals surface area contributed by atoms with Crippen LogP contribution in [0.2, 0.25) is 0 Å². The van der Waals surface area contributed by atoms with E-state index in [0.29, 0.717) is 25.4 Å². The highest BCUT2D eigenvalue weighted by Crippen LogP contribution is 2.44. The molecule has 39 heavy (non-hydrogen) atoms. The number of nitrogens with one attached hydrogen (secondary N) is 1. The molecule has 1 aromatic carbocycles. The molecule has 1 saturated carbocycles. The summed E-state index contributed by atoms with van der Waals surface area (Å²) in [6.07, 6.45) is 14.5. The first-order valence-electron chi connectivity index (χ1n) is 15.7. The largest absolute Gasteiger partial charge is 0.368 e. The van der Waals surface area contributed by atoms with Gasteiger partial charge in [-0.25, -0.2) is 10.0 Å². The molecule has 0 spiro atoms. The topological polar surface area (TPSA) is 68.4 Å². The number of anilines is 2. The predicted molar refractivity (Wildman–Crippen MR) is 153 cm³/mol. The first kappa shape index (κ1) is 27.2. The third kappa shape index (κ3) is 5.37. The van der Waals surface area contributed by atoms with Crippen LogP contribution in [-0.2, 0) is 14.3 Å². The zero-order chi connectivity index (χ0) is 26.9. The van der Waals surface area contributed by atoms with Gasteiger partial charge in [-0.3, -0.25) is 14.9 Å². The molecule has 3 unspecified atom stereocenters. The van der Waals surface area contributed by atoms with Crippen molar-refractivity contribution in [3.8, 4) is 0 Å². The molecule has 0 aromatic heterocycles. The Labute approximate surface area is 234 Å². The Hall–Kier alpha value is -2.00. The van der Waals surface area contributed by atoms with E-state index in [-0.39, 0.29) is 30.0 Å². The zero-order valence-electron chi connectivity index (χ0n) is 23.9. The Bertz CT molecular complexity index is 1030. The molecule has 1 N–H and O–H groups in total. The smallest absolute Gasteiger partial charge is 0.256 e. The van der Waals surface area contributed by atoms with Gasteiger partial charge in [0, 0.05) is 39.2 Å². The van der Waals surface area contributed by atoms with Crippen LogP contribution in [0.4, 0.5) is 11.4 Å². The summed E-state index contributed by atoms with van der Waals surface area (Å²) >= 11 is 0. The molecule has 5 aliphatic rings. The summed E-state index contributed by atoms with van der Waals surface area (Å²) in [5, 5.41) is 9.13. The number of carbonyl (C=O) groups is 2. The summed E-state index contributed by atoms with van der Waals surface area (Å²) in [7, 11) is 0. The van der Waals surface area contributed by atoms with Crippen molar-refractivity contribution in [3.63, 3.8) is 0 Å². The summed E-state index contributed by atoms with van der Waals surface area (Å²) in [6, 6.07) is 7.33. The first-order valence-corrected chi connectivity index (χ1v) is 15.7. The molecule has 6 rings (SSSR count). The number of hydrogen-bond acceptors (Lipinski definition) is 6. The molecule has 3 saturated heterocycles. The molecule has 4 heterocycles. The molecule has 1 aromatic rings. The maximum Gasteiger partial charge on any atom is 0.256 e. The van der Waals surface area contributed by atoms with E-state index in [1.54, 1.807) is 6.92 Å². The minimum absolute atomic E-state index is 0.0246. The lowest BCUT2D eigenvalue weighted by Gasteiger charge is -2.50. The third-order valence-corrected chi connectivity index (χ3v) is 9.74. The van der Waals surface area contributed by atoms with Crippen molar-refractivity contribution in [2.75, 3.05) is 36.0 Å². The van der Waals surface area contributed by atoms with Gasteiger partial charge in [0.25, 0.3) is 5.91 Å². The maximum atomic E-state index is 13.7. The SMILES string of the molecule is CC(=O)N1c2ccc(C3CCC4NCCN4N3C3CCCCCCCC3)cc2N(C(=O)C2CCCO2)C[C@@H]1C. The van der Waals surface area contributed by atoms with Gasteiger partial charge in [-0.05, 0) is 63.1 Å². The average Bonchev–Trinajstić information content (AvgIpc) is 3.65. The highest BCUT2D eigenvalue weighted by Gasteiger charge is 2.43. The predicted octanol–water partition coefficient (Wildman–Crippen LogP) is 4.74. The van der Waals surface area contributed by atoms with Gasteiger partial charge >= 0.3 is 0 Å². The van der Waals surface area contributed by atoms with E-state index in [9.17, 15) is 9.59 Å². The number of rotatable bonds is 3. The second kappa shape index (κ2) is 11.9. The molecule has 4 aliphatic heterocycles. The molecule has 4 atom stereocenters. The number of fused-ring (bicyclic) bond motifs is 2. The van der Waals surface area contributed by atoms with Crippen LogP contribution >= 0.6 is 0 Å². The summed E-state index contributed by atoms with van der Waals surface area (Å²) in [6.45, 7) is 6.92. The summed E-state index contributed by atoms with van der Waals surface area (Å²) in [5.41, 5.74) is 2.99. The van der Waals surface area contributed by atoms with Crippen LogP contribution in [0.3, 0.4) is 0 Å². The van der Waals surface area contributed by atoms with E-state index in [2.05, 4.69) is 33.5 Å². The van der Waals surface area contributed by atoms with Gasteiger partial charge in [-0.2, -0.15) is 0 Å². The molecule has 8 nitrogen and oxygen atoms in total. The van der Waals surface area contributed by atoms with Gasteiger partial charge in [0.05, 0.1) is 29.6 Å². The molecule has 8 heteroatoms. The Morgan fingerprint density at radius 1 is 0.923 bits per heavy atom. The van der Waals surface area contributed by atoms with Gasteiger partial charge in [-0.15, -0.1) is 0 Å². The number of benzene rings is 1. The molecule has 4 fully saturated rings. The first-order chi connectivity index (χ1) is 19.0. The zero-order valence-corrected chi connectivity index (χ0v) is 23.9. The van der Waals surface area contributed by atoms with Gasteiger partial charge in [0.2, 0.25) is 5.91 Å². The van der Waals surface area contributed by atoms with Crippen molar-refractivity contribution >= 4 is 23.2 Å². The van der Waals surface area contributed by atoms with Gasteiger partial charge < -0.3 is 14.5 Å². The lowest BCUT2D eigenvalue weighted by Crippen LogP contribution is -2.57. The normalized spacial score (nSPS) is 31.3. The van der Waals surface area contributed by atoms with E-state index >= 15 is 0 Å². The molecule has 214 valence electrons. The molecule has 0 radical (unpaired) electrons. The summed E-state index contributed by atoms with van der Waals surface area (Å²) in [5.74, 6) is 0.0677. The Balaban J connectivity index is 1.37. The van der Waals surface area contributed by atoms with Crippen molar-refractivity contribution in [1.82, 2.24) is 15.3 Å². The van der Waals surface area contributed by atoms with Crippen molar-refractivity contribution in [2.45, 2.75) is 121 Å². The van der Waals surface area contributed by atoms with E-state index in [4.69, 9.17) is 4.74 Å². The number of hydrogen-bond donors (Lipinski definition) is 1. The lowest BCUT2D eigenvalue weighted by atomic mass is 9.92. The van der Waals surface area contributed by atoms with Crippen molar-refractivity contribution in [2.24, 2.45) is 0 Å². The molecule has 2 amide bonds. The summed E-state index contributed by atoms with van der Waals surface area (Å²) < 4.78 is 5.82. The number of nitrogens with zero attached hydrogens (tertiary/aromatic N) is 4. The van der Waals surface area contributed by atoms with Crippen molar-refractivity contribution in [1.29, 1.82) is 0 Å². The molecular formula is C31H47N5O3. The highest BCUT2D eigenvalue weighted by molar-refractivity contribution is 6.05. The van der Waals surface area contributed by atoms with Crippen molar-refractivity contribution < 1.29 is 14.3 Å². The fourth-order valence-corrected chi connectivity index (χ4v) is 7.91. The number of carbonyl (C=O) groups excluding carboxylic acids is 2. The number of hydrazine groups is 1. The van der Waals surface area contributed by atoms with Crippen LogP contribution in [0.15, 0.2) is 18.2 Å². The minimum Gasteiger partial charge on any atom is -0.368 e. The Morgan fingerprint density at radius 2 is 1.69 bits per heavy atom. The second-order valence-corrected chi connectivity index (χ2v) is 12.4. The number of ether oxygens (including phenoxy) is 1. The lowest BCUT2D eigenvalue weighted by molar-refractivity contribution is -0.142. The van der Waals surface area contributed by atoms with Crippen molar-refractivity contribution in [3.05, 3.63) is 23.8 Å². The van der Waals surface area contributed by atoms with E-state index < -0.39 is 0 Å². The minimum atomic E-state index is -0.376. The van der Waals surface area contributed by atoms with Gasteiger partial charge in [-0.1, -0.05) is 44.6 Å². The fraction of sp³-hybridized carbons (Fsp3) is 0.742. The fourth-order valence-electron chi connectivity index (χ4n) is 7.91. The second-order valence-electron chi connectivity index (χ2n) is 12.4. The molecular weight excluding hydrogens is 490 g/mol. The quantitative estimate of drug-likeness (QED) is 0.601. The van der Waals surface area contributed by atoms with Crippen LogP contribution in [-0.4, -0.2) is 72.4 Å². The number of amides is 2. The van der Waals surface area contributed by atoms with Gasteiger partial charge in [0.15, 0.2) is 0 Å². The third-order valence-electron chi connectivity index (χ3n) is 9.74. The van der Waals surface area contributed by atoms with E-state index in [0.717, 1.165) is 50.1 Å². The van der Waals surface area contributed by atoms with Crippen LogP contribution in [0.5, 0.6) is 0 Å². The Kier molecular flexibility index (Phi) is 8.26. The molecule has 1 aliphatic carbocycles. The van der Waals surface area contributed by atoms with Crippen LogP contribution < -0.4 is 15.1 Å². The monoisotopic (exact) mass is 537 g/mol. The highest BCUT2D eigenvalue weighted by atomic mass is 16.5. The maximum absolute atomic E-state index is 13.7. The molecule has 0 bridgehead atoms. The summed E-state index contributed by atoms with van der Waals surface area (Å²) in [4.78, 5) is 30.2.